The van der Waals surface area contributed by atoms with E-state index in [2.05, 4.69) is 20.1 Å². The Hall–Kier alpha value is -4.07. The van der Waals surface area contributed by atoms with Gasteiger partial charge in [0.2, 0.25) is 0 Å². The van der Waals surface area contributed by atoms with Gasteiger partial charge in [-0.3, -0.25) is 0 Å². The molecule has 0 bridgehead atoms. The number of aliphatic imine (C=N–C) groups is 1. The van der Waals surface area contributed by atoms with Gasteiger partial charge in [0.15, 0.2) is 5.96 Å². The van der Waals surface area contributed by atoms with Gasteiger partial charge in [-0.05, 0) is 48.0 Å². The first-order valence-corrected chi connectivity index (χ1v) is 10.8. The second-order valence-corrected chi connectivity index (χ2v) is 7.66. The summed E-state index contributed by atoms with van der Waals surface area (Å²) in [6.45, 7) is 3.62. The molecule has 170 valence electrons. The number of hydrogen-bond acceptors (Lipinski definition) is 5. The Morgan fingerprint density at radius 3 is 2.61 bits per heavy atom. The molecule has 4 rings (SSSR count). The average molecular weight is 446 g/mol. The molecular formula is C25H27N5O3. The molecule has 8 heteroatoms. The molecule has 2 N–H and O–H groups in total. The van der Waals surface area contributed by atoms with Crippen LogP contribution in [0.1, 0.15) is 15.9 Å². The molecule has 0 radical (unpaired) electrons. The van der Waals surface area contributed by atoms with E-state index < -0.39 is 5.97 Å². The first-order chi connectivity index (χ1) is 16.1. The van der Waals surface area contributed by atoms with E-state index in [0.29, 0.717) is 18.2 Å². The number of benzene rings is 2. The Kier molecular flexibility index (Phi) is 7.04. The molecule has 1 fully saturated rings. The number of nitrogens with one attached hydrogen (secondary N) is 1. The average Bonchev–Trinajstić information content (AvgIpc) is 2.87. The van der Waals surface area contributed by atoms with Crippen molar-refractivity contribution in [3.05, 3.63) is 84.1 Å². The van der Waals surface area contributed by atoms with Crippen LogP contribution in [-0.4, -0.2) is 60.2 Å². The first kappa shape index (κ1) is 22.1. The highest BCUT2D eigenvalue weighted by molar-refractivity contribution is 5.96. The molecule has 0 spiro atoms. The zero-order chi connectivity index (χ0) is 23.0. The van der Waals surface area contributed by atoms with E-state index in [4.69, 9.17) is 9.73 Å². The second kappa shape index (κ2) is 10.5. The van der Waals surface area contributed by atoms with Crippen LogP contribution in [0.15, 0.2) is 77.9 Å². The molecular weight excluding hydrogens is 418 g/mol. The van der Waals surface area contributed by atoms with E-state index in [-0.39, 0.29) is 5.56 Å². The number of carboxylic acid groups (broad SMARTS) is 1. The van der Waals surface area contributed by atoms with E-state index in [9.17, 15) is 9.90 Å². The lowest BCUT2D eigenvalue weighted by molar-refractivity contribution is 0.0697. The largest absolute Gasteiger partial charge is 0.497 e. The lowest BCUT2D eigenvalue weighted by Gasteiger charge is -2.37. The van der Waals surface area contributed by atoms with Crippen LogP contribution in [0.3, 0.4) is 0 Å². The Morgan fingerprint density at radius 1 is 1.06 bits per heavy atom. The number of guanidine groups is 1. The maximum atomic E-state index is 11.4. The van der Waals surface area contributed by atoms with Gasteiger partial charge in [-0.2, -0.15) is 0 Å². The molecule has 1 saturated heterocycles. The summed E-state index contributed by atoms with van der Waals surface area (Å²) in [6.07, 6.45) is 1.81. The van der Waals surface area contributed by atoms with Gasteiger partial charge in [0.25, 0.3) is 0 Å². The van der Waals surface area contributed by atoms with Crippen molar-refractivity contribution in [3.63, 3.8) is 0 Å². The van der Waals surface area contributed by atoms with Crippen LogP contribution in [0.25, 0.3) is 0 Å². The Morgan fingerprint density at radius 2 is 1.88 bits per heavy atom. The highest BCUT2D eigenvalue weighted by atomic mass is 16.5. The molecule has 33 heavy (non-hydrogen) atoms. The van der Waals surface area contributed by atoms with Crippen molar-refractivity contribution >= 4 is 23.4 Å². The number of nitrogens with zero attached hydrogens (tertiary/aromatic N) is 4. The highest BCUT2D eigenvalue weighted by Crippen LogP contribution is 2.17. The minimum absolute atomic E-state index is 0.229. The SMILES string of the molecule is COc1cccc(CN=C(Nc2cccc(C(=O)O)c2)N2CCN(c3ccccn3)CC2)c1. The minimum atomic E-state index is -0.961. The van der Waals surface area contributed by atoms with Gasteiger partial charge in [-0.1, -0.05) is 24.3 Å². The molecule has 0 unspecified atom stereocenters. The van der Waals surface area contributed by atoms with Crippen molar-refractivity contribution in [1.82, 2.24) is 9.88 Å². The summed E-state index contributed by atoms with van der Waals surface area (Å²) in [5.41, 5.74) is 1.94. The number of hydrogen-bond donors (Lipinski definition) is 2. The van der Waals surface area contributed by atoms with Crippen molar-refractivity contribution in [1.29, 1.82) is 0 Å². The van der Waals surface area contributed by atoms with Crippen molar-refractivity contribution in [2.45, 2.75) is 6.54 Å². The van der Waals surface area contributed by atoms with Crippen LogP contribution in [-0.2, 0) is 6.54 Å². The highest BCUT2D eigenvalue weighted by Gasteiger charge is 2.21. The van der Waals surface area contributed by atoms with E-state index in [1.165, 1.54) is 0 Å². The molecule has 0 atom stereocenters. The third-order valence-electron chi connectivity index (χ3n) is 5.46. The van der Waals surface area contributed by atoms with Gasteiger partial charge >= 0.3 is 5.97 Å². The molecule has 0 aliphatic carbocycles. The van der Waals surface area contributed by atoms with Crippen LogP contribution in [0.5, 0.6) is 5.75 Å². The van der Waals surface area contributed by atoms with Crippen molar-refractivity contribution in [2.75, 3.05) is 43.5 Å². The smallest absolute Gasteiger partial charge is 0.335 e. The van der Waals surface area contributed by atoms with Crippen molar-refractivity contribution < 1.29 is 14.6 Å². The Bertz CT molecular complexity index is 1110. The number of carboxylic acids is 1. The van der Waals surface area contributed by atoms with E-state index >= 15 is 0 Å². The molecule has 1 aromatic heterocycles. The quantitative estimate of drug-likeness (QED) is 0.443. The summed E-state index contributed by atoms with van der Waals surface area (Å²) in [7, 11) is 1.64. The summed E-state index contributed by atoms with van der Waals surface area (Å²) in [4.78, 5) is 25.1. The van der Waals surface area contributed by atoms with Gasteiger partial charge in [-0.25, -0.2) is 14.8 Å². The minimum Gasteiger partial charge on any atom is -0.497 e. The number of anilines is 2. The number of rotatable bonds is 6. The maximum Gasteiger partial charge on any atom is 0.335 e. The number of aromatic nitrogens is 1. The Labute approximate surface area is 193 Å². The summed E-state index contributed by atoms with van der Waals surface area (Å²) in [5, 5.41) is 12.7. The molecule has 8 nitrogen and oxygen atoms in total. The molecule has 1 aliphatic rings. The van der Waals surface area contributed by atoms with Gasteiger partial charge in [0.05, 0.1) is 19.2 Å². The summed E-state index contributed by atoms with van der Waals surface area (Å²) in [6, 6.07) is 20.5. The standard InChI is InChI=1S/C25H27N5O3/c1-33-22-9-4-6-19(16-22)18-27-25(28-21-8-5-7-20(17-21)24(31)32)30-14-12-29(13-15-30)23-10-2-3-11-26-23/h2-11,16-17H,12-15,18H2,1H3,(H,27,28)(H,31,32). The predicted molar refractivity (Wildman–Crippen MR) is 129 cm³/mol. The predicted octanol–water partition coefficient (Wildman–Crippen LogP) is 3.58. The Balaban J connectivity index is 1.53. The zero-order valence-corrected chi connectivity index (χ0v) is 18.5. The number of ether oxygens (including phenoxy) is 1. The lowest BCUT2D eigenvalue weighted by Crippen LogP contribution is -2.51. The van der Waals surface area contributed by atoms with Gasteiger partial charge in [0.1, 0.15) is 11.6 Å². The van der Waals surface area contributed by atoms with Crippen LogP contribution in [0.4, 0.5) is 11.5 Å². The molecule has 1 aliphatic heterocycles. The number of piperazine rings is 1. The van der Waals surface area contributed by atoms with Crippen LogP contribution in [0, 0.1) is 0 Å². The monoisotopic (exact) mass is 445 g/mol. The van der Waals surface area contributed by atoms with Crippen LogP contribution < -0.4 is 15.0 Å². The summed E-state index contributed by atoms with van der Waals surface area (Å²) >= 11 is 0. The van der Waals surface area contributed by atoms with Gasteiger partial charge < -0.3 is 25.0 Å². The van der Waals surface area contributed by atoms with Crippen LogP contribution >= 0.6 is 0 Å². The molecule has 3 aromatic rings. The third kappa shape index (κ3) is 5.79. The second-order valence-electron chi connectivity index (χ2n) is 7.66. The fourth-order valence-corrected chi connectivity index (χ4v) is 3.70. The maximum absolute atomic E-state index is 11.4. The first-order valence-electron chi connectivity index (χ1n) is 10.8. The van der Waals surface area contributed by atoms with E-state index in [0.717, 1.165) is 43.3 Å². The van der Waals surface area contributed by atoms with E-state index in [1.54, 1.807) is 31.5 Å². The van der Waals surface area contributed by atoms with Crippen molar-refractivity contribution in [2.24, 2.45) is 4.99 Å². The van der Waals surface area contributed by atoms with Gasteiger partial charge in [0, 0.05) is 38.1 Å². The topological polar surface area (TPSA) is 90.3 Å². The molecule has 2 aromatic carbocycles. The fraction of sp³-hybridized carbons (Fsp3) is 0.240. The lowest BCUT2D eigenvalue weighted by atomic mass is 10.2. The number of methoxy groups -OCH3 is 1. The number of aromatic carboxylic acids is 1. The summed E-state index contributed by atoms with van der Waals surface area (Å²) in [5.74, 6) is 1.50. The zero-order valence-electron chi connectivity index (χ0n) is 18.5. The van der Waals surface area contributed by atoms with Crippen molar-refractivity contribution in [3.8, 4) is 5.75 Å². The van der Waals surface area contributed by atoms with Crippen LogP contribution in [0.2, 0.25) is 0 Å². The molecule has 2 heterocycles. The number of pyridine rings is 1. The summed E-state index contributed by atoms with van der Waals surface area (Å²) < 4.78 is 5.32. The van der Waals surface area contributed by atoms with E-state index in [1.807, 2.05) is 48.5 Å². The molecule has 0 saturated carbocycles. The number of carbonyl (C=O) groups is 1. The molecule has 0 amide bonds. The fourth-order valence-electron chi connectivity index (χ4n) is 3.70. The van der Waals surface area contributed by atoms with Gasteiger partial charge in [-0.15, -0.1) is 0 Å². The normalized spacial score (nSPS) is 14.2. The third-order valence-corrected chi connectivity index (χ3v) is 5.46.